The lowest BCUT2D eigenvalue weighted by molar-refractivity contribution is 0.0771. The number of hydrogen-bond donors (Lipinski definition) is 0. The first-order valence-corrected chi connectivity index (χ1v) is 27.0. The van der Waals surface area contributed by atoms with Crippen molar-refractivity contribution < 1.29 is 0 Å². The number of hydrogen-bond acceptors (Lipinski definition) is 2. The summed E-state index contributed by atoms with van der Waals surface area (Å²) in [6.45, 7) is 36.8. The van der Waals surface area contributed by atoms with Crippen LogP contribution in [0.1, 0.15) is 187 Å². The molecule has 7 rings (SSSR count). The maximum Gasteiger partial charge on any atom is 0.0519 e. The Bertz CT molecular complexity index is 2220. The van der Waals surface area contributed by atoms with Crippen LogP contribution >= 0.6 is 12.4 Å². The van der Waals surface area contributed by atoms with Gasteiger partial charge in [-0.15, -0.1) is 12.4 Å². The van der Waals surface area contributed by atoms with Gasteiger partial charge in [0, 0.05) is 47.8 Å². The number of rotatable bonds is 18. The number of allylic oxidation sites excluding steroid dienone is 4. The molecule has 3 aliphatic rings. The SMILES string of the molecule is CCc1cc(CC)cc([C@@H](C)C2(C)C=CC=C([C@H](C)c3cc(CC)cc(CC)c3)C2N2CCN(C3C([C@H](C)c4cc(CC)cc(CC)c4)=CC=CC3(C)[C@H](C)c3cc(CC)cc(CC)c3)C2)c1.Cl. The Hall–Kier alpha value is -3.95. The molecule has 0 saturated carbocycles. The summed E-state index contributed by atoms with van der Waals surface area (Å²) < 4.78 is 0. The van der Waals surface area contributed by atoms with Gasteiger partial charge in [0.15, 0.2) is 0 Å². The van der Waals surface area contributed by atoms with Crippen LogP contribution in [0.15, 0.2) is 120 Å². The monoisotopic (exact) mass is 933 g/mol. The van der Waals surface area contributed by atoms with Crippen LogP contribution in [-0.2, 0) is 51.4 Å². The second-order valence-electron chi connectivity index (χ2n) is 21.4. The maximum absolute atomic E-state index is 2.93. The van der Waals surface area contributed by atoms with Gasteiger partial charge in [-0.05, 0) is 141 Å². The molecule has 4 aromatic carbocycles. The van der Waals surface area contributed by atoms with Gasteiger partial charge in [-0.25, -0.2) is 0 Å². The zero-order chi connectivity index (χ0) is 48.2. The van der Waals surface area contributed by atoms with Crippen molar-refractivity contribution >= 4 is 12.4 Å². The van der Waals surface area contributed by atoms with Crippen molar-refractivity contribution in [1.82, 2.24) is 9.80 Å². The van der Waals surface area contributed by atoms with Gasteiger partial charge >= 0.3 is 0 Å². The van der Waals surface area contributed by atoms with Gasteiger partial charge in [-0.1, -0.05) is 206 Å². The summed E-state index contributed by atoms with van der Waals surface area (Å²) in [5, 5.41) is 0. The molecule has 0 N–H and O–H groups in total. The van der Waals surface area contributed by atoms with E-state index in [-0.39, 0.29) is 47.2 Å². The van der Waals surface area contributed by atoms with Gasteiger partial charge in [0.1, 0.15) is 0 Å². The molecule has 0 aromatic heterocycles. The Balaban J connectivity index is 0.00000761. The molecule has 1 aliphatic heterocycles. The molecule has 2 nitrogen and oxygen atoms in total. The summed E-state index contributed by atoms with van der Waals surface area (Å²) in [4.78, 5) is 5.87. The molecule has 1 fully saturated rings. The van der Waals surface area contributed by atoms with E-state index < -0.39 is 0 Å². The minimum absolute atomic E-state index is 0. The Labute approximate surface area is 421 Å². The summed E-state index contributed by atoms with van der Waals surface area (Å²) in [5.41, 5.74) is 20.4. The van der Waals surface area contributed by atoms with Crippen molar-refractivity contribution in [2.24, 2.45) is 10.8 Å². The Morgan fingerprint density at radius 3 is 0.912 bits per heavy atom. The third kappa shape index (κ3) is 10.7. The lowest BCUT2D eigenvalue weighted by Crippen LogP contribution is -2.53. The van der Waals surface area contributed by atoms with Crippen LogP contribution in [0.25, 0.3) is 0 Å². The number of benzene rings is 4. The van der Waals surface area contributed by atoms with Gasteiger partial charge in [0.25, 0.3) is 0 Å². The molecule has 366 valence electrons. The molecule has 8 atom stereocenters. The minimum Gasteiger partial charge on any atom is -0.282 e. The highest BCUT2D eigenvalue weighted by Gasteiger charge is 2.51. The van der Waals surface area contributed by atoms with Crippen LogP contribution in [0.5, 0.6) is 0 Å². The van der Waals surface area contributed by atoms with Crippen LogP contribution in [-0.4, -0.2) is 41.6 Å². The third-order valence-corrected chi connectivity index (χ3v) is 17.5. The molecule has 3 heteroatoms. The van der Waals surface area contributed by atoms with Crippen molar-refractivity contribution in [1.29, 1.82) is 0 Å². The average Bonchev–Trinajstić information content (AvgIpc) is 3.85. The predicted octanol–water partition coefficient (Wildman–Crippen LogP) is 16.4. The summed E-state index contributed by atoms with van der Waals surface area (Å²) >= 11 is 0. The highest BCUT2D eigenvalue weighted by molar-refractivity contribution is 5.85. The van der Waals surface area contributed by atoms with E-state index in [1.54, 1.807) is 11.1 Å². The number of aryl methyl sites for hydroxylation is 8. The second-order valence-corrected chi connectivity index (χ2v) is 21.4. The lowest BCUT2D eigenvalue weighted by Gasteiger charge is -2.51. The van der Waals surface area contributed by atoms with Crippen molar-refractivity contribution in [2.45, 2.75) is 184 Å². The number of nitrogens with zero attached hydrogens (tertiary/aromatic N) is 2. The zero-order valence-electron chi connectivity index (χ0n) is 44.9. The Morgan fingerprint density at radius 2 is 0.662 bits per heavy atom. The van der Waals surface area contributed by atoms with E-state index in [1.807, 2.05) is 0 Å². The first-order chi connectivity index (χ1) is 32.2. The Morgan fingerprint density at radius 1 is 0.412 bits per heavy atom. The van der Waals surface area contributed by atoms with Gasteiger partial charge in [0.2, 0.25) is 0 Å². The van der Waals surface area contributed by atoms with Gasteiger partial charge < -0.3 is 0 Å². The van der Waals surface area contributed by atoms with Crippen LogP contribution < -0.4 is 0 Å². The predicted molar refractivity (Wildman–Crippen MR) is 298 cm³/mol. The summed E-state index contributed by atoms with van der Waals surface area (Å²) in [6.07, 6.45) is 23.6. The van der Waals surface area contributed by atoms with Crippen molar-refractivity contribution in [3.8, 4) is 0 Å². The first-order valence-electron chi connectivity index (χ1n) is 27.0. The quantitative estimate of drug-likeness (QED) is 0.0981. The van der Waals surface area contributed by atoms with E-state index in [9.17, 15) is 0 Å². The largest absolute Gasteiger partial charge is 0.282 e. The van der Waals surface area contributed by atoms with Crippen LogP contribution in [0.2, 0.25) is 0 Å². The third-order valence-electron chi connectivity index (χ3n) is 17.5. The molecule has 4 aromatic rings. The van der Waals surface area contributed by atoms with Gasteiger partial charge in [-0.2, -0.15) is 0 Å². The number of halogens is 1. The van der Waals surface area contributed by atoms with Crippen molar-refractivity contribution in [3.63, 3.8) is 0 Å². The molecule has 0 bridgehead atoms. The maximum atomic E-state index is 2.93. The van der Waals surface area contributed by atoms with Gasteiger partial charge in [-0.3, -0.25) is 9.80 Å². The highest BCUT2D eigenvalue weighted by Crippen LogP contribution is 2.53. The van der Waals surface area contributed by atoms with E-state index in [0.717, 1.165) is 71.1 Å². The summed E-state index contributed by atoms with van der Waals surface area (Å²) in [5.74, 6) is 1.21. The Kier molecular flexibility index (Phi) is 18.0. The smallest absolute Gasteiger partial charge is 0.0519 e. The summed E-state index contributed by atoms with van der Waals surface area (Å²) in [7, 11) is 0. The zero-order valence-corrected chi connectivity index (χ0v) is 45.8. The molecule has 0 radical (unpaired) electrons. The molecule has 2 aliphatic carbocycles. The minimum atomic E-state index is -0.134. The molecule has 0 spiro atoms. The van der Waals surface area contributed by atoms with E-state index >= 15 is 0 Å². The molecule has 68 heavy (non-hydrogen) atoms. The van der Waals surface area contributed by atoms with Gasteiger partial charge in [0.05, 0.1) is 6.67 Å². The first kappa shape index (κ1) is 53.4. The van der Waals surface area contributed by atoms with Crippen molar-refractivity contribution in [3.05, 3.63) is 187 Å². The topological polar surface area (TPSA) is 6.48 Å². The van der Waals surface area contributed by atoms with Crippen LogP contribution in [0, 0.1) is 10.8 Å². The van der Waals surface area contributed by atoms with E-state index in [0.29, 0.717) is 11.8 Å². The fourth-order valence-electron chi connectivity index (χ4n) is 12.5. The fraction of sp³-hybridized carbons (Fsp3) is 0.508. The van der Waals surface area contributed by atoms with Crippen LogP contribution in [0.4, 0.5) is 0 Å². The standard InChI is InChI=1S/C65H88N2.ClH/c1-15-48-31-49(16-2)36-56(35-48)44(9)60-25-23-27-64(13,46(11)58-39-52(19-5)33-53(20-6)40-58)62(60)66-29-30-67(43-66)63-61(45(10)57-37-50(17-3)32-51(18-4)38-57)26-24-28-65(63,14)47(12)59-41-54(21-7)34-55(22-8)42-59;/h23-28,31-42,44-47,62-63H,15-22,29-30,43H2,1-14H3;1H/t44-,45-,46-,47-,62?,63?,64?,65?;/m1./s1. The van der Waals surface area contributed by atoms with Crippen molar-refractivity contribution in [2.75, 3.05) is 19.8 Å². The van der Waals surface area contributed by atoms with Crippen LogP contribution in [0.3, 0.4) is 0 Å². The second kappa shape index (κ2) is 22.9. The lowest BCUT2D eigenvalue weighted by atomic mass is 9.62. The van der Waals surface area contributed by atoms with E-state index in [2.05, 4.69) is 216 Å². The average molecular weight is 934 g/mol. The summed E-state index contributed by atoms with van der Waals surface area (Å²) in [6, 6.07) is 30.4. The normalized spacial score (nSPS) is 23.7. The van der Waals surface area contributed by atoms with E-state index in [1.165, 1.54) is 66.8 Å². The molecular formula is C65H89ClN2. The molecule has 4 unspecified atom stereocenters. The molecule has 0 amide bonds. The molecule has 1 heterocycles. The van der Waals surface area contributed by atoms with E-state index in [4.69, 9.17) is 0 Å². The molecule has 1 saturated heterocycles. The highest BCUT2D eigenvalue weighted by atomic mass is 35.5. The molecular weight excluding hydrogens is 844 g/mol. The fourth-order valence-corrected chi connectivity index (χ4v) is 12.5.